The highest BCUT2D eigenvalue weighted by Crippen LogP contribution is 2.31. The standard InChI is InChI=1S/C14H14FN3O4/c1-16-13(20)12-17-9(14(21)18(12)2)5-7-4-8(15)11(19)10(6-7)22-3/h4-6,19H,1-3H3,(H,16,20). The van der Waals surface area contributed by atoms with E-state index in [1.54, 1.807) is 0 Å². The summed E-state index contributed by atoms with van der Waals surface area (Å²) in [4.78, 5) is 28.7. The lowest BCUT2D eigenvalue weighted by molar-refractivity contribution is -0.123. The Bertz CT molecular complexity index is 712. The Morgan fingerprint density at radius 2 is 2.18 bits per heavy atom. The van der Waals surface area contributed by atoms with Crippen molar-refractivity contribution < 1.29 is 23.8 Å². The Hall–Kier alpha value is -2.90. The van der Waals surface area contributed by atoms with Gasteiger partial charge in [-0.2, -0.15) is 0 Å². The summed E-state index contributed by atoms with van der Waals surface area (Å²) in [5, 5.41) is 11.8. The van der Waals surface area contributed by atoms with Crippen LogP contribution in [0.25, 0.3) is 6.08 Å². The topological polar surface area (TPSA) is 91.2 Å². The number of carbonyl (C=O) groups is 2. The van der Waals surface area contributed by atoms with E-state index >= 15 is 0 Å². The quantitative estimate of drug-likeness (QED) is 0.795. The maximum Gasteiger partial charge on any atom is 0.287 e. The normalized spacial score (nSPS) is 16.0. The summed E-state index contributed by atoms with van der Waals surface area (Å²) in [6.45, 7) is 0. The van der Waals surface area contributed by atoms with Crippen molar-refractivity contribution in [3.8, 4) is 11.5 Å². The highest BCUT2D eigenvalue weighted by Gasteiger charge is 2.30. The van der Waals surface area contributed by atoms with Gasteiger partial charge in [-0.1, -0.05) is 0 Å². The van der Waals surface area contributed by atoms with E-state index in [0.29, 0.717) is 0 Å². The van der Waals surface area contributed by atoms with Crippen LogP contribution in [0.4, 0.5) is 4.39 Å². The number of hydrogen-bond acceptors (Lipinski definition) is 5. The molecule has 116 valence electrons. The fourth-order valence-corrected chi connectivity index (χ4v) is 1.90. The largest absolute Gasteiger partial charge is 0.502 e. The first-order valence-corrected chi connectivity index (χ1v) is 6.26. The van der Waals surface area contributed by atoms with Gasteiger partial charge in [0.2, 0.25) is 5.84 Å². The number of halogens is 1. The van der Waals surface area contributed by atoms with Crippen LogP contribution in [0.15, 0.2) is 22.8 Å². The number of carbonyl (C=O) groups excluding carboxylic acids is 2. The second kappa shape index (κ2) is 5.84. The summed E-state index contributed by atoms with van der Waals surface area (Å²) in [5.74, 6) is -2.62. The molecule has 0 aromatic heterocycles. The Balaban J connectivity index is 2.45. The third-order valence-corrected chi connectivity index (χ3v) is 3.07. The van der Waals surface area contributed by atoms with Gasteiger partial charge >= 0.3 is 0 Å². The molecular formula is C14H14FN3O4. The number of aromatic hydroxyl groups is 1. The molecule has 7 nitrogen and oxygen atoms in total. The molecule has 1 aliphatic heterocycles. The first-order valence-electron chi connectivity index (χ1n) is 6.26. The molecule has 0 atom stereocenters. The lowest BCUT2D eigenvalue weighted by Crippen LogP contribution is -2.38. The number of aliphatic imine (C=N–C) groups is 1. The molecule has 1 aliphatic rings. The van der Waals surface area contributed by atoms with E-state index in [1.807, 2.05) is 0 Å². The van der Waals surface area contributed by atoms with Crippen molar-refractivity contribution in [2.75, 3.05) is 21.2 Å². The van der Waals surface area contributed by atoms with Crippen molar-refractivity contribution in [2.45, 2.75) is 0 Å². The van der Waals surface area contributed by atoms with Crippen LogP contribution in [0.3, 0.4) is 0 Å². The number of amidine groups is 1. The van der Waals surface area contributed by atoms with Gasteiger partial charge in [-0.05, 0) is 23.8 Å². The molecule has 2 amide bonds. The molecule has 22 heavy (non-hydrogen) atoms. The zero-order valence-corrected chi connectivity index (χ0v) is 12.2. The van der Waals surface area contributed by atoms with Gasteiger partial charge in [0.1, 0.15) is 5.70 Å². The van der Waals surface area contributed by atoms with Gasteiger partial charge < -0.3 is 15.2 Å². The monoisotopic (exact) mass is 307 g/mol. The Morgan fingerprint density at radius 3 is 2.77 bits per heavy atom. The first kappa shape index (κ1) is 15.5. The van der Waals surface area contributed by atoms with Crippen LogP contribution in [-0.4, -0.2) is 48.9 Å². The van der Waals surface area contributed by atoms with Gasteiger partial charge in [0.05, 0.1) is 7.11 Å². The predicted octanol–water partition coefficient (Wildman–Crippen LogP) is 0.497. The fraction of sp³-hybridized carbons (Fsp3) is 0.214. The van der Waals surface area contributed by atoms with Gasteiger partial charge in [-0.15, -0.1) is 0 Å². The number of phenols is 1. The number of amides is 2. The molecule has 0 unspecified atom stereocenters. The second-order valence-corrected chi connectivity index (χ2v) is 4.46. The van der Waals surface area contributed by atoms with Crippen LogP contribution in [0, 0.1) is 5.82 Å². The molecule has 2 rings (SSSR count). The second-order valence-electron chi connectivity index (χ2n) is 4.46. The SMILES string of the molecule is CNC(=O)C1=NC(=Cc2cc(F)c(O)c(OC)c2)C(=O)N1C. The molecule has 0 spiro atoms. The van der Waals surface area contributed by atoms with Gasteiger partial charge in [0.25, 0.3) is 11.8 Å². The number of methoxy groups -OCH3 is 1. The van der Waals surface area contributed by atoms with E-state index in [4.69, 9.17) is 4.74 Å². The third kappa shape index (κ3) is 2.62. The predicted molar refractivity (Wildman–Crippen MR) is 76.9 cm³/mol. The average Bonchev–Trinajstić information content (AvgIpc) is 2.78. The Kier molecular flexibility index (Phi) is 4.11. The number of nitrogens with zero attached hydrogens (tertiary/aromatic N) is 2. The molecule has 2 N–H and O–H groups in total. The number of hydrogen-bond donors (Lipinski definition) is 2. The third-order valence-electron chi connectivity index (χ3n) is 3.07. The number of likely N-dealkylation sites (N-methyl/N-ethyl adjacent to an activating group) is 2. The van der Waals surface area contributed by atoms with Crippen LogP contribution in [0.1, 0.15) is 5.56 Å². The minimum atomic E-state index is -0.888. The fourth-order valence-electron chi connectivity index (χ4n) is 1.90. The lowest BCUT2D eigenvalue weighted by atomic mass is 10.1. The van der Waals surface area contributed by atoms with Crippen molar-refractivity contribution in [1.29, 1.82) is 0 Å². The van der Waals surface area contributed by atoms with Crippen LogP contribution in [0.2, 0.25) is 0 Å². The molecule has 1 aromatic carbocycles. The molecule has 0 radical (unpaired) electrons. The van der Waals surface area contributed by atoms with Gasteiger partial charge in [-0.25, -0.2) is 9.38 Å². The minimum absolute atomic E-state index is 0.0201. The van der Waals surface area contributed by atoms with E-state index in [1.165, 1.54) is 33.3 Å². The Labute approximate surface area is 125 Å². The van der Waals surface area contributed by atoms with E-state index in [-0.39, 0.29) is 22.8 Å². The molecule has 1 heterocycles. The summed E-state index contributed by atoms with van der Waals surface area (Å²) in [5.41, 5.74) is 0.249. The van der Waals surface area contributed by atoms with Gasteiger partial charge in [-0.3, -0.25) is 14.5 Å². The maximum absolute atomic E-state index is 13.6. The van der Waals surface area contributed by atoms with E-state index in [2.05, 4.69) is 10.3 Å². The summed E-state index contributed by atoms with van der Waals surface area (Å²) in [7, 11) is 4.11. The molecule has 0 fully saturated rings. The van der Waals surface area contributed by atoms with Crippen molar-refractivity contribution in [2.24, 2.45) is 4.99 Å². The molecule has 8 heteroatoms. The average molecular weight is 307 g/mol. The summed E-state index contributed by atoms with van der Waals surface area (Å²) in [6.07, 6.45) is 1.31. The molecule has 0 bridgehead atoms. The minimum Gasteiger partial charge on any atom is -0.502 e. The van der Waals surface area contributed by atoms with E-state index < -0.39 is 23.4 Å². The number of ether oxygens (including phenoxy) is 1. The van der Waals surface area contributed by atoms with E-state index in [0.717, 1.165) is 11.0 Å². The van der Waals surface area contributed by atoms with Crippen molar-refractivity contribution in [3.63, 3.8) is 0 Å². The maximum atomic E-state index is 13.6. The summed E-state index contributed by atoms with van der Waals surface area (Å²) >= 11 is 0. The smallest absolute Gasteiger partial charge is 0.287 e. The molecule has 1 aromatic rings. The lowest BCUT2D eigenvalue weighted by Gasteiger charge is -2.09. The zero-order valence-electron chi connectivity index (χ0n) is 12.2. The molecule has 0 aliphatic carbocycles. The highest BCUT2D eigenvalue weighted by molar-refractivity contribution is 6.43. The molecule has 0 saturated heterocycles. The number of rotatable bonds is 3. The molecular weight excluding hydrogens is 293 g/mol. The van der Waals surface area contributed by atoms with Crippen LogP contribution in [0.5, 0.6) is 11.5 Å². The highest BCUT2D eigenvalue weighted by atomic mass is 19.1. The van der Waals surface area contributed by atoms with Gasteiger partial charge in [0, 0.05) is 14.1 Å². The van der Waals surface area contributed by atoms with Crippen LogP contribution >= 0.6 is 0 Å². The first-order chi connectivity index (χ1) is 10.4. The van der Waals surface area contributed by atoms with Crippen LogP contribution < -0.4 is 10.1 Å². The number of phenolic OH excluding ortho intramolecular Hbond substituents is 1. The zero-order chi connectivity index (χ0) is 16.4. The molecule has 0 saturated carbocycles. The summed E-state index contributed by atoms with van der Waals surface area (Å²) in [6, 6.07) is 2.39. The van der Waals surface area contributed by atoms with Crippen molar-refractivity contribution >= 4 is 23.7 Å². The van der Waals surface area contributed by atoms with Gasteiger partial charge in [0.15, 0.2) is 17.3 Å². The van der Waals surface area contributed by atoms with Crippen molar-refractivity contribution in [1.82, 2.24) is 10.2 Å². The number of benzene rings is 1. The summed E-state index contributed by atoms with van der Waals surface area (Å²) < 4.78 is 18.4. The number of nitrogens with one attached hydrogen (secondary N) is 1. The van der Waals surface area contributed by atoms with Crippen LogP contribution in [-0.2, 0) is 9.59 Å². The van der Waals surface area contributed by atoms with Crippen molar-refractivity contribution in [3.05, 3.63) is 29.2 Å². The van der Waals surface area contributed by atoms with E-state index in [9.17, 15) is 19.1 Å². The Morgan fingerprint density at radius 1 is 1.50 bits per heavy atom.